The van der Waals surface area contributed by atoms with Crippen LogP contribution in [0.2, 0.25) is 0 Å². The van der Waals surface area contributed by atoms with Gasteiger partial charge in [0.1, 0.15) is 11.6 Å². The van der Waals surface area contributed by atoms with Gasteiger partial charge in [-0.25, -0.2) is 4.39 Å². The number of rotatable bonds is 6. The second-order valence-electron chi connectivity index (χ2n) is 5.23. The maximum absolute atomic E-state index is 13.2. The van der Waals surface area contributed by atoms with Crippen molar-refractivity contribution in [1.29, 1.82) is 0 Å². The summed E-state index contributed by atoms with van der Waals surface area (Å²) < 4.78 is 18.3. The van der Waals surface area contributed by atoms with E-state index >= 15 is 0 Å². The van der Waals surface area contributed by atoms with Crippen LogP contribution in [0.1, 0.15) is 25.5 Å². The van der Waals surface area contributed by atoms with Crippen LogP contribution >= 0.6 is 0 Å². The summed E-state index contributed by atoms with van der Waals surface area (Å²) in [6.07, 6.45) is 0. The van der Waals surface area contributed by atoms with Gasteiger partial charge >= 0.3 is 5.97 Å². The Kier molecular flexibility index (Phi) is 5.57. The average Bonchev–Trinajstić information content (AvgIpc) is 2.55. The van der Waals surface area contributed by atoms with Crippen LogP contribution in [0.5, 0.6) is 5.75 Å². The van der Waals surface area contributed by atoms with Crippen molar-refractivity contribution in [2.75, 3.05) is 11.9 Å². The summed E-state index contributed by atoms with van der Waals surface area (Å²) in [7, 11) is 0. The van der Waals surface area contributed by atoms with Gasteiger partial charge in [0.25, 0.3) is 0 Å². The van der Waals surface area contributed by atoms with Crippen molar-refractivity contribution >= 4 is 11.7 Å². The topological polar surface area (TPSA) is 58.6 Å². The zero-order valence-electron chi connectivity index (χ0n) is 13.1. The Morgan fingerprint density at radius 3 is 2.48 bits per heavy atom. The molecule has 2 aromatic carbocycles. The minimum Gasteiger partial charge on any atom is -0.506 e. The number of phenolic OH excluding ortho intramolecular Hbond substituents is 1. The molecule has 0 aromatic heterocycles. The molecule has 23 heavy (non-hydrogen) atoms. The summed E-state index contributed by atoms with van der Waals surface area (Å²) in [5, 5.41) is 13.1. The predicted octanol–water partition coefficient (Wildman–Crippen LogP) is 3.88. The highest BCUT2D eigenvalue weighted by Gasteiger charge is 2.27. The van der Waals surface area contributed by atoms with Gasteiger partial charge < -0.3 is 15.2 Å². The van der Waals surface area contributed by atoms with Crippen LogP contribution in [0.4, 0.5) is 10.1 Å². The van der Waals surface area contributed by atoms with E-state index in [9.17, 15) is 14.3 Å². The largest absolute Gasteiger partial charge is 0.506 e. The minimum atomic E-state index is -0.514. The molecule has 1 unspecified atom stereocenters. The van der Waals surface area contributed by atoms with Crippen LogP contribution in [-0.4, -0.2) is 17.7 Å². The lowest BCUT2D eigenvalue weighted by Gasteiger charge is -2.25. The molecule has 2 aromatic rings. The lowest BCUT2D eigenvalue weighted by atomic mass is 9.94. The first-order valence-electron chi connectivity index (χ1n) is 7.49. The lowest BCUT2D eigenvalue weighted by Crippen LogP contribution is -2.27. The highest BCUT2D eigenvalue weighted by atomic mass is 19.1. The van der Waals surface area contributed by atoms with Crippen molar-refractivity contribution in [2.45, 2.75) is 19.9 Å². The molecule has 2 N–H and O–H groups in total. The maximum Gasteiger partial charge on any atom is 0.311 e. The smallest absolute Gasteiger partial charge is 0.311 e. The molecule has 0 heterocycles. The Labute approximate surface area is 134 Å². The van der Waals surface area contributed by atoms with Crippen molar-refractivity contribution in [1.82, 2.24) is 0 Å². The molecule has 122 valence electrons. The molecule has 0 bridgehead atoms. The van der Waals surface area contributed by atoms with Gasteiger partial charge in [-0.2, -0.15) is 0 Å². The molecule has 0 aliphatic carbocycles. The Bertz CT molecular complexity index is 658. The summed E-state index contributed by atoms with van der Waals surface area (Å²) in [5.41, 5.74) is 1.23. The first kappa shape index (κ1) is 16.8. The van der Waals surface area contributed by atoms with Gasteiger partial charge in [0.2, 0.25) is 0 Å². The first-order chi connectivity index (χ1) is 11.0. The minimum absolute atomic E-state index is 0.0793. The Morgan fingerprint density at radius 1 is 1.22 bits per heavy atom. The van der Waals surface area contributed by atoms with Crippen molar-refractivity contribution in [3.8, 4) is 5.75 Å². The van der Waals surface area contributed by atoms with E-state index < -0.39 is 12.0 Å². The van der Waals surface area contributed by atoms with Crippen LogP contribution in [0.25, 0.3) is 0 Å². The zero-order chi connectivity index (χ0) is 16.8. The number of hydrogen-bond acceptors (Lipinski definition) is 4. The highest BCUT2D eigenvalue weighted by Crippen LogP contribution is 2.31. The highest BCUT2D eigenvalue weighted by molar-refractivity contribution is 5.74. The molecule has 0 spiro atoms. The average molecular weight is 317 g/mol. The molecular weight excluding hydrogens is 297 g/mol. The summed E-state index contributed by atoms with van der Waals surface area (Å²) in [6.45, 7) is 3.77. The molecule has 0 radical (unpaired) electrons. The Hall–Kier alpha value is -2.56. The second-order valence-corrected chi connectivity index (χ2v) is 5.23. The number of para-hydroxylation sites is 2. The van der Waals surface area contributed by atoms with E-state index in [1.807, 2.05) is 0 Å². The van der Waals surface area contributed by atoms with Crippen molar-refractivity contribution in [3.05, 3.63) is 59.9 Å². The summed E-state index contributed by atoms with van der Waals surface area (Å²) in [6, 6.07) is 12.2. The van der Waals surface area contributed by atoms with E-state index in [1.54, 1.807) is 50.2 Å². The maximum atomic E-state index is 13.2. The molecule has 5 heteroatoms. The molecule has 0 amide bonds. The SMILES string of the molecule is CCOC(=O)[C@@H](C)C(Nc1ccccc1O)c1ccc(F)cc1. The molecule has 0 aliphatic rings. The number of halogens is 1. The number of nitrogens with one attached hydrogen (secondary N) is 1. The molecule has 0 saturated heterocycles. The fourth-order valence-electron chi connectivity index (χ4n) is 2.34. The van der Waals surface area contributed by atoms with E-state index in [4.69, 9.17) is 4.74 Å². The molecule has 0 fully saturated rings. The molecule has 2 atom stereocenters. The normalized spacial score (nSPS) is 13.2. The summed E-state index contributed by atoms with van der Waals surface area (Å²) in [4.78, 5) is 12.1. The number of carbonyl (C=O) groups excluding carboxylic acids is 1. The van der Waals surface area contributed by atoms with E-state index in [0.717, 1.165) is 5.56 Å². The van der Waals surface area contributed by atoms with Crippen LogP contribution in [-0.2, 0) is 9.53 Å². The Morgan fingerprint density at radius 2 is 1.87 bits per heavy atom. The zero-order valence-corrected chi connectivity index (χ0v) is 13.1. The molecule has 0 saturated carbocycles. The lowest BCUT2D eigenvalue weighted by molar-refractivity contribution is -0.147. The number of hydrogen-bond donors (Lipinski definition) is 2. The van der Waals surface area contributed by atoms with Crippen LogP contribution in [0.15, 0.2) is 48.5 Å². The number of anilines is 1. The van der Waals surface area contributed by atoms with E-state index in [0.29, 0.717) is 5.69 Å². The first-order valence-corrected chi connectivity index (χ1v) is 7.49. The third kappa shape index (κ3) is 4.22. The third-order valence-corrected chi connectivity index (χ3v) is 3.60. The predicted molar refractivity (Wildman–Crippen MR) is 86.7 cm³/mol. The van der Waals surface area contributed by atoms with Crippen LogP contribution < -0.4 is 5.32 Å². The molecule has 0 aliphatic heterocycles. The van der Waals surface area contributed by atoms with Crippen molar-refractivity contribution < 1.29 is 19.0 Å². The summed E-state index contributed by atoms with van der Waals surface area (Å²) in [5.74, 6) is -1.14. The molecule has 2 rings (SSSR count). The number of phenols is 1. The monoisotopic (exact) mass is 317 g/mol. The van der Waals surface area contributed by atoms with E-state index in [2.05, 4.69) is 5.32 Å². The van der Waals surface area contributed by atoms with Gasteiger partial charge in [0.15, 0.2) is 0 Å². The fourth-order valence-corrected chi connectivity index (χ4v) is 2.34. The number of aromatic hydroxyl groups is 1. The van der Waals surface area contributed by atoms with E-state index in [1.165, 1.54) is 12.1 Å². The van der Waals surface area contributed by atoms with Crippen molar-refractivity contribution in [3.63, 3.8) is 0 Å². The second kappa shape index (κ2) is 7.63. The van der Waals surface area contributed by atoms with Gasteiger partial charge in [0.05, 0.1) is 24.3 Å². The number of esters is 1. The molecule has 4 nitrogen and oxygen atoms in total. The van der Waals surface area contributed by atoms with Gasteiger partial charge in [-0.05, 0) is 43.7 Å². The van der Waals surface area contributed by atoms with E-state index in [-0.39, 0.29) is 24.1 Å². The standard InChI is InChI=1S/C18H20FNO3/c1-3-23-18(22)12(2)17(13-8-10-14(19)11-9-13)20-15-6-4-5-7-16(15)21/h4-12,17,20-21H,3H2,1-2H3/t12-,17?/m0/s1. The number of benzene rings is 2. The molecular formula is C18H20FNO3. The van der Waals surface area contributed by atoms with Crippen LogP contribution in [0.3, 0.4) is 0 Å². The summed E-state index contributed by atoms with van der Waals surface area (Å²) >= 11 is 0. The Balaban J connectivity index is 2.32. The van der Waals surface area contributed by atoms with Gasteiger partial charge in [-0.15, -0.1) is 0 Å². The van der Waals surface area contributed by atoms with Gasteiger partial charge in [-0.3, -0.25) is 4.79 Å². The van der Waals surface area contributed by atoms with Gasteiger partial charge in [-0.1, -0.05) is 24.3 Å². The quantitative estimate of drug-likeness (QED) is 0.627. The van der Waals surface area contributed by atoms with Crippen LogP contribution in [0, 0.1) is 11.7 Å². The number of carbonyl (C=O) groups is 1. The number of ether oxygens (including phenoxy) is 1. The third-order valence-electron chi connectivity index (χ3n) is 3.60. The van der Waals surface area contributed by atoms with Gasteiger partial charge in [0, 0.05) is 0 Å². The van der Waals surface area contributed by atoms with Crippen molar-refractivity contribution in [2.24, 2.45) is 5.92 Å². The fraction of sp³-hybridized carbons (Fsp3) is 0.278.